The number of thiophene rings is 1. The lowest BCUT2D eigenvalue weighted by Gasteiger charge is -2.34. The highest BCUT2D eigenvalue weighted by Crippen LogP contribution is 2.33. The largest absolute Gasteiger partial charge is 0.454 e. The van der Waals surface area contributed by atoms with E-state index in [0.717, 1.165) is 60.3 Å². The van der Waals surface area contributed by atoms with Crippen LogP contribution in [0.15, 0.2) is 30.6 Å². The number of ether oxygens (including phenoxy) is 2. The Kier molecular flexibility index (Phi) is 5.61. The number of nitrogens with zero attached hydrogens (tertiary/aromatic N) is 4. The molecule has 1 N–H and O–H groups in total. The molecule has 0 aliphatic carbocycles. The number of aryl methyl sites for hydroxylation is 1. The molecule has 0 radical (unpaired) electrons. The lowest BCUT2D eigenvalue weighted by Crippen LogP contribution is -2.48. The number of rotatable bonds is 6. The first-order valence-corrected chi connectivity index (χ1v) is 11.3. The van der Waals surface area contributed by atoms with Gasteiger partial charge in [0.1, 0.15) is 17.0 Å². The number of amides is 1. The number of carbonyl (C=O) groups is 1. The van der Waals surface area contributed by atoms with E-state index in [9.17, 15) is 4.79 Å². The maximum atomic E-state index is 12.7. The second-order valence-corrected chi connectivity index (χ2v) is 9.05. The molecule has 0 unspecified atom stereocenters. The van der Waals surface area contributed by atoms with Gasteiger partial charge < -0.3 is 19.7 Å². The summed E-state index contributed by atoms with van der Waals surface area (Å²) < 4.78 is 10.8. The van der Waals surface area contributed by atoms with Crippen molar-refractivity contribution in [2.24, 2.45) is 0 Å². The third kappa shape index (κ3) is 4.42. The summed E-state index contributed by atoms with van der Waals surface area (Å²) in [4.78, 5) is 27.8. The van der Waals surface area contributed by atoms with Gasteiger partial charge in [-0.3, -0.25) is 9.69 Å². The van der Waals surface area contributed by atoms with Crippen LogP contribution >= 0.6 is 11.3 Å². The van der Waals surface area contributed by atoms with Gasteiger partial charge in [-0.25, -0.2) is 9.97 Å². The van der Waals surface area contributed by atoms with Crippen LogP contribution in [0.25, 0.3) is 10.2 Å². The Hall–Kier alpha value is -2.91. The third-order valence-electron chi connectivity index (χ3n) is 5.65. The first kappa shape index (κ1) is 20.0. The molecular formula is C22H25N5O3S. The zero-order valence-electron chi connectivity index (χ0n) is 17.5. The number of hydrogen-bond donors (Lipinski definition) is 1. The van der Waals surface area contributed by atoms with Crippen LogP contribution in [-0.2, 0) is 11.3 Å². The molecule has 2 aromatic heterocycles. The Morgan fingerprint density at radius 2 is 1.97 bits per heavy atom. The first-order chi connectivity index (χ1) is 15.2. The van der Waals surface area contributed by atoms with Gasteiger partial charge in [-0.2, -0.15) is 0 Å². The summed E-state index contributed by atoms with van der Waals surface area (Å²) in [5.41, 5.74) is 1.20. The quantitative estimate of drug-likeness (QED) is 0.633. The van der Waals surface area contributed by atoms with Crippen molar-refractivity contribution in [3.05, 3.63) is 41.0 Å². The molecule has 0 spiro atoms. The summed E-state index contributed by atoms with van der Waals surface area (Å²) in [6, 6.07) is 8.18. The van der Waals surface area contributed by atoms with Gasteiger partial charge >= 0.3 is 0 Å². The van der Waals surface area contributed by atoms with Gasteiger partial charge in [-0.05, 0) is 30.7 Å². The van der Waals surface area contributed by atoms with Crippen molar-refractivity contribution in [3.63, 3.8) is 0 Å². The van der Waals surface area contributed by atoms with Crippen molar-refractivity contribution in [1.29, 1.82) is 0 Å². The summed E-state index contributed by atoms with van der Waals surface area (Å²) >= 11 is 1.65. The van der Waals surface area contributed by atoms with Crippen molar-refractivity contribution < 1.29 is 14.3 Å². The molecule has 9 heteroatoms. The maximum absolute atomic E-state index is 12.7. The summed E-state index contributed by atoms with van der Waals surface area (Å²) in [6.45, 7) is 7.02. The van der Waals surface area contributed by atoms with Crippen molar-refractivity contribution in [2.45, 2.75) is 19.9 Å². The lowest BCUT2D eigenvalue weighted by atomic mass is 10.1. The monoisotopic (exact) mass is 439 g/mol. The highest BCUT2D eigenvalue weighted by molar-refractivity contribution is 7.18. The number of fused-ring (bicyclic) bond motifs is 2. The first-order valence-electron chi connectivity index (χ1n) is 10.5. The predicted molar refractivity (Wildman–Crippen MR) is 120 cm³/mol. The molecule has 5 rings (SSSR count). The van der Waals surface area contributed by atoms with Crippen molar-refractivity contribution in [1.82, 2.24) is 19.8 Å². The number of aromatic nitrogens is 2. The van der Waals surface area contributed by atoms with Gasteiger partial charge in [0.15, 0.2) is 11.5 Å². The summed E-state index contributed by atoms with van der Waals surface area (Å²) in [5.74, 6) is 2.61. The van der Waals surface area contributed by atoms with E-state index in [1.54, 1.807) is 17.7 Å². The molecule has 31 heavy (non-hydrogen) atoms. The highest BCUT2D eigenvalue weighted by atomic mass is 32.1. The molecule has 1 aromatic carbocycles. The number of piperazine rings is 1. The van der Waals surface area contributed by atoms with Crippen molar-refractivity contribution >= 4 is 33.3 Å². The molecule has 0 atom stereocenters. The van der Waals surface area contributed by atoms with Crippen LogP contribution in [0.5, 0.6) is 11.5 Å². The fraction of sp³-hybridized carbons (Fsp3) is 0.409. The second kappa shape index (κ2) is 8.68. The number of anilines is 1. The van der Waals surface area contributed by atoms with Crippen molar-refractivity contribution in [3.8, 4) is 11.5 Å². The van der Waals surface area contributed by atoms with Gasteiger partial charge in [0, 0.05) is 50.6 Å². The van der Waals surface area contributed by atoms with E-state index in [-0.39, 0.29) is 5.91 Å². The minimum atomic E-state index is 0.182. The van der Waals surface area contributed by atoms with Crippen LogP contribution in [0.3, 0.4) is 0 Å². The molecule has 3 aromatic rings. The topological polar surface area (TPSA) is 79.8 Å². The number of carbonyl (C=O) groups excluding carboxylic acids is 1. The zero-order valence-corrected chi connectivity index (χ0v) is 18.3. The van der Waals surface area contributed by atoms with E-state index in [4.69, 9.17) is 9.47 Å². The maximum Gasteiger partial charge on any atom is 0.231 e. The molecule has 2 aliphatic heterocycles. The van der Waals surface area contributed by atoms with Crippen LogP contribution in [0, 0.1) is 6.92 Å². The van der Waals surface area contributed by atoms with Crippen molar-refractivity contribution in [2.75, 3.05) is 44.8 Å². The molecular weight excluding hydrogens is 414 g/mol. The molecule has 162 valence electrons. The smallest absolute Gasteiger partial charge is 0.231 e. The Bertz CT molecular complexity index is 1090. The number of benzene rings is 1. The van der Waals surface area contributed by atoms with Gasteiger partial charge in [0.05, 0.1) is 5.39 Å². The van der Waals surface area contributed by atoms with E-state index >= 15 is 0 Å². The molecule has 0 bridgehead atoms. The molecule has 0 saturated carbocycles. The average Bonchev–Trinajstić information content (AvgIpc) is 3.39. The van der Waals surface area contributed by atoms with Gasteiger partial charge in [0.2, 0.25) is 12.7 Å². The standard InChI is InChI=1S/C22H25N5O3S/c1-15-10-17-21(24-13-25-22(17)31-15)23-5-4-20(28)27-8-6-26(7-9-27)12-16-2-3-18-19(11-16)30-14-29-18/h2-3,10-11,13H,4-9,12,14H2,1H3,(H,23,24,25). The molecule has 1 saturated heterocycles. The third-order valence-corrected chi connectivity index (χ3v) is 6.61. The van der Waals surface area contributed by atoms with Crippen LogP contribution in [0.2, 0.25) is 0 Å². The number of nitrogens with one attached hydrogen (secondary N) is 1. The van der Waals surface area contributed by atoms with E-state index in [1.807, 2.05) is 17.0 Å². The van der Waals surface area contributed by atoms with Gasteiger partial charge in [0.25, 0.3) is 0 Å². The molecule has 1 amide bonds. The Balaban J connectivity index is 1.08. The van der Waals surface area contributed by atoms with Crippen LogP contribution in [-0.4, -0.2) is 65.2 Å². The fourth-order valence-corrected chi connectivity index (χ4v) is 4.86. The summed E-state index contributed by atoms with van der Waals surface area (Å²) in [6.07, 6.45) is 2.03. The Morgan fingerprint density at radius 1 is 1.13 bits per heavy atom. The molecule has 8 nitrogen and oxygen atoms in total. The lowest BCUT2D eigenvalue weighted by molar-refractivity contribution is -0.132. The van der Waals surface area contributed by atoms with Crippen LogP contribution in [0.4, 0.5) is 5.82 Å². The SMILES string of the molecule is Cc1cc2c(NCCC(=O)N3CCN(Cc4ccc5c(c4)OCO5)CC3)ncnc2s1. The highest BCUT2D eigenvalue weighted by Gasteiger charge is 2.22. The van der Waals surface area contributed by atoms with E-state index in [1.165, 1.54) is 10.4 Å². The van der Waals surface area contributed by atoms with Crippen LogP contribution < -0.4 is 14.8 Å². The zero-order chi connectivity index (χ0) is 21.2. The molecule has 2 aliphatic rings. The summed E-state index contributed by atoms with van der Waals surface area (Å²) in [7, 11) is 0. The minimum absolute atomic E-state index is 0.182. The van der Waals surface area contributed by atoms with E-state index < -0.39 is 0 Å². The normalized spacial score (nSPS) is 16.1. The van der Waals surface area contributed by atoms with Gasteiger partial charge in [-0.1, -0.05) is 6.07 Å². The van der Waals surface area contributed by atoms with E-state index in [2.05, 4.69) is 39.2 Å². The predicted octanol–water partition coefficient (Wildman–Crippen LogP) is 2.87. The average molecular weight is 440 g/mol. The Labute approximate surface area is 184 Å². The second-order valence-electron chi connectivity index (χ2n) is 7.82. The number of hydrogen-bond acceptors (Lipinski definition) is 8. The summed E-state index contributed by atoms with van der Waals surface area (Å²) in [5, 5.41) is 4.33. The molecule has 1 fully saturated rings. The fourth-order valence-electron chi connectivity index (χ4n) is 4.02. The van der Waals surface area contributed by atoms with E-state index in [0.29, 0.717) is 19.8 Å². The molecule has 4 heterocycles. The van der Waals surface area contributed by atoms with Gasteiger partial charge in [-0.15, -0.1) is 11.3 Å². The van der Waals surface area contributed by atoms with Crippen LogP contribution in [0.1, 0.15) is 16.9 Å². The minimum Gasteiger partial charge on any atom is -0.454 e. The Morgan fingerprint density at radius 3 is 2.84 bits per heavy atom.